The molecule has 1 unspecified atom stereocenters. The van der Waals surface area contributed by atoms with Gasteiger partial charge in [-0.05, 0) is 44.0 Å². The van der Waals surface area contributed by atoms with Gasteiger partial charge in [0.2, 0.25) is 0 Å². The first-order valence-electron chi connectivity index (χ1n) is 7.91. The quantitative estimate of drug-likeness (QED) is 0.884. The minimum atomic E-state index is 0.639. The number of nitrogens with zero attached hydrogens (tertiary/aromatic N) is 2. The zero-order valence-electron chi connectivity index (χ0n) is 12.8. The molecule has 1 aromatic rings. The number of hydrogen-bond donors (Lipinski definition) is 1. The van der Waals surface area contributed by atoms with Crippen LogP contribution in [-0.2, 0) is 6.54 Å². The molecule has 3 rings (SSSR count). The summed E-state index contributed by atoms with van der Waals surface area (Å²) in [4.78, 5) is 4.91. The number of nitrogens with one attached hydrogen (secondary N) is 1. The summed E-state index contributed by atoms with van der Waals surface area (Å²) in [5, 5.41) is 3.64. The Bertz CT molecular complexity index is 442. The van der Waals surface area contributed by atoms with Crippen LogP contribution in [0.15, 0.2) is 24.3 Å². The van der Waals surface area contributed by atoms with E-state index in [0.29, 0.717) is 6.04 Å². The molecule has 1 atom stereocenters. The second-order valence-electron chi connectivity index (χ2n) is 6.55. The minimum absolute atomic E-state index is 0.639. The summed E-state index contributed by atoms with van der Waals surface area (Å²) < 4.78 is 0. The maximum Gasteiger partial charge on any atom is 0.0345 e. The van der Waals surface area contributed by atoms with Crippen molar-refractivity contribution in [3.63, 3.8) is 0 Å². The van der Waals surface area contributed by atoms with Crippen molar-refractivity contribution in [2.75, 3.05) is 40.3 Å². The molecule has 2 fully saturated rings. The summed E-state index contributed by atoms with van der Waals surface area (Å²) in [6.45, 7) is 5.62. The summed E-state index contributed by atoms with van der Waals surface area (Å²) in [5.41, 5.74) is 2.97. The monoisotopic (exact) mass is 273 g/mol. The Morgan fingerprint density at radius 2 is 2.05 bits per heavy atom. The molecule has 3 nitrogen and oxygen atoms in total. The second kappa shape index (κ2) is 6.25. The van der Waals surface area contributed by atoms with Crippen LogP contribution < -0.4 is 5.32 Å². The number of rotatable bonds is 5. The zero-order valence-corrected chi connectivity index (χ0v) is 12.8. The van der Waals surface area contributed by atoms with Crippen LogP contribution in [0.2, 0.25) is 0 Å². The van der Waals surface area contributed by atoms with Gasteiger partial charge in [0.15, 0.2) is 0 Å². The third-order valence-corrected chi connectivity index (χ3v) is 4.69. The van der Waals surface area contributed by atoms with Crippen LogP contribution in [0.25, 0.3) is 0 Å². The van der Waals surface area contributed by atoms with Gasteiger partial charge in [0.05, 0.1) is 0 Å². The molecule has 20 heavy (non-hydrogen) atoms. The van der Waals surface area contributed by atoms with E-state index in [4.69, 9.17) is 0 Å². The topological polar surface area (TPSA) is 18.5 Å². The molecule has 2 aliphatic rings. The van der Waals surface area contributed by atoms with Gasteiger partial charge in [-0.1, -0.05) is 24.3 Å². The van der Waals surface area contributed by atoms with Gasteiger partial charge in [0.1, 0.15) is 0 Å². The summed E-state index contributed by atoms with van der Waals surface area (Å²) in [5.74, 6) is 0.855. The molecular weight excluding hydrogens is 246 g/mol. The summed E-state index contributed by atoms with van der Waals surface area (Å²) >= 11 is 0. The summed E-state index contributed by atoms with van der Waals surface area (Å²) in [6.07, 6.45) is 2.77. The van der Waals surface area contributed by atoms with E-state index >= 15 is 0 Å². The maximum absolute atomic E-state index is 3.64. The Morgan fingerprint density at radius 3 is 2.85 bits per heavy atom. The Morgan fingerprint density at radius 1 is 1.20 bits per heavy atom. The van der Waals surface area contributed by atoms with Crippen molar-refractivity contribution in [3.05, 3.63) is 35.4 Å². The number of hydrogen-bond acceptors (Lipinski definition) is 3. The van der Waals surface area contributed by atoms with Crippen LogP contribution in [0.1, 0.15) is 29.9 Å². The second-order valence-corrected chi connectivity index (χ2v) is 6.55. The zero-order chi connectivity index (χ0) is 13.9. The molecule has 1 N–H and O–H groups in total. The highest BCUT2D eigenvalue weighted by Crippen LogP contribution is 2.40. The van der Waals surface area contributed by atoms with Crippen LogP contribution in [0, 0.1) is 0 Å². The highest BCUT2D eigenvalue weighted by Gasteiger charge is 2.23. The van der Waals surface area contributed by atoms with Gasteiger partial charge in [-0.15, -0.1) is 0 Å². The fourth-order valence-corrected chi connectivity index (χ4v) is 3.08. The van der Waals surface area contributed by atoms with E-state index in [2.05, 4.69) is 53.5 Å². The van der Waals surface area contributed by atoms with Crippen molar-refractivity contribution < 1.29 is 0 Å². The third-order valence-electron chi connectivity index (χ3n) is 4.69. The van der Waals surface area contributed by atoms with E-state index < -0.39 is 0 Å². The molecule has 1 aliphatic carbocycles. The first-order chi connectivity index (χ1) is 9.72. The van der Waals surface area contributed by atoms with Gasteiger partial charge >= 0.3 is 0 Å². The van der Waals surface area contributed by atoms with E-state index in [9.17, 15) is 0 Å². The standard InChI is InChI=1S/C17H27N3/c1-19-8-9-20(2)17(13-19)12-18-11-14-4-3-5-16(10-14)15-6-7-15/h3-5,10,15,17-18H,6-9,11-13H2,1-2H3. The van der Waals surface area contributed by atoms with Gasteiger partial charge in [0.25, 0.3) is 0 Å². The van der Waals surface area contributed by atoms with Crippen molar-refractivity contribution in [1.29, 1.82) is 0 Å². The Kier molecular flexibility index (Phi) is 4.39. The molecule has 1 aliphatic heterocycles. The Labute approximate surface area is 123 Å². The lowest BCUT2D eigenvalue weighted by Gasteiger charge is -2.37. The fraction of sp³-hybridized carbons (Fsp3) is 0.647. The van der Waals surface area contributed by atoms with Crippen molar-refractivity contribution in [3.8, 4) is 0 Å². The van der Waals surface area contributed by atoms with Gasteiger partial charge in [-0.3, -0.25) is 4.90 Å². The molecule has 0 radical (unpaired) electrons. The lowest BCUT2D eigenvalue weighted by atomic mass is 10.1. The number of benzene rings is 1. The molecule has 0 aromatic heterocycles. The highest BCUT2D eigenvalue weighted by atomic mass is 15.3. The average molecular weight is 273 g/mol. The van der Waals surface area contributed by atoms with E-state index in [-0.39, 0.29) is 0 Å². The van der Waals surface area contributed by atoms with Gasteiger partial charge in [-0.25, -0.2) is 0 Å². The highest BCUT2D eigenvalue weighted by molar-refractivity contribution is 5.29. The Balaban J connectivity index is 1.48. The average Bonchev–Trinajstić information content (AvgIpc) is 3.28. The third kappa shape index (κ3) is 3.60. The first kappa shape index (κ1) is 14.1. The van der Waals surface area contributed by atoms with Crippen LogP contribution in [0.4, 0.5) is 0 Å². The normalized spacial score (nSPS) is 25.0. The van der Waals surface area contributed by atoms with Crippen molar-refractivity contribution >= 4 is 0 Å². The Hall–Kier alpha value is -0.900. The SMILES string of the molecule is CN1CCN(C)C(CNCc2cccc(C3CC3)c2)C1. The van der Waals surface area contributed by atoms with Gasteiger partial charge in [-0.2, -0.15) is 0 Å². The largest absolute Gasteiger partial charge is 0.311 e. The molecule has 0 amide bonds. The maximum atomic E-state index is 3.64. The molecule has 1 heterocycles. The molecule has 1 aromatic carbocycles. The van der Waals surface area contributed by atoms with Gasteiger partial charge in [0, 0.05) is 38.8 Å². The molecule has 1 saturated heterocycles. The lowest BCUT2D eigenvalue weighted by Crippen LogP contribution is -2.53. The van der Waals surface area contributed by atoms with E-state index in [0.717, 1.165) is 19.0 Å². The summed E-state index contributed by atoms with van der Waals surface area (Å²) in [6, 6.07) is 9.77. The first-order valence-corrected chi connectivity index (χ1v) is 7.91. The van der Waals surface area contributed by atoms with E-state index in [1.807, 2.05) is 0 Å². The van der Waals surface area contributed by atoms with Crippen LogP contribution in [0.5, 0.6) is 0 Å². The molecule has 110 valence electrons. The number of likely N-dealkylation sites (N-methyl/N-ethyl adjacent to an activating group) is 2. The predicted octanol–water partition coefficient (Wildman–Crippen LogP) is 1.90. The molecule has 1 saturated carbocycles. The summed E-state index contributed by atoms with van der Waals surface area (Å²) in [7, 11) is 4.46. The van der Waals surface area contributed by atoms with E-state index in [1.165, 1.54) is 38.0 Å². The molecule has 0 bridgehead atoms. The minimum Gasteiger partial charge on any atom is -0.311 e. The molecule has 3 heteroatoms. The predicted molar refractivity (Wildman–Crippen MR) is 84.0 cm³/mol. The smallest absolute Gasteiger partial charge is 0.0345 e. The number of piperazine rings is 1. The fourth-order valence-electron chi connectivity index (χ4n) is 3.08. The van der Waals surface area contributed by atoms with Crippen LogP contribution in [-0.4, -0.2) is 56.1 Å². The molecule has 0 spiro atoms. The van der Waals surface area contributed by atoms with Crippen molar-refractivity contribution in [2.45, 2.75) is 31.3 Å². The molecular formula is C17H27N3. The van der Waals surface area contributed by atoms with E-state index in [1.54, 1.807) is 5.56 Å². The van der Waals surface area contributed by atoms with Crippen molar-refractivity contribution in [2.24, 2.45) is 0 Å². The van der Waals surface area contributed by atoms with Crippen LogP contribution in [0.3, 0.4) is 0 Å². The van der Waals surface area contributed by atoms with Crippen molar-refractivity contribution in [1.82, 2.24) is 15.1 Å². The van der Waals surface area contributed by atoms with Gasteiger partial charge < -0.3 is 10.2 Å². The van der Waals surface area contributed by atoms with Crippen LogP contribution >= 0.6 is 0 Å². The lowest BCUT2D eigenvalue weighted by molar-refractivity contribution is 0.113.